The Labute approximate surface area is 198 Å². The van der Waals surface area contributed by atoms with Gasteiger partial charge in [0.1, 0.15) is 0 Å². The van der Waals surface area contributed by atoms with Gasteiger partial charge in [0.25, 0.3) is 0 Å². The van der Waals surface area contributed by atoms with Crippen molar-refractivity contribution in [2.75, 3.05) is 39.3 Å². The second-order valence-electron chi connectivity index (χ2n) is 10.1. The third kappa shape index (κ3) is 6.58. The van der Waals surface area contributed by atoms with Crippen molar-refractivity contribution in [2.45, 2.75) is 64.2 Å². The smallest absolute Gasteiger partial charge is 0.227 e. The molecule has 180 valence electrons. The summed E-state index contributed by atoms with van der Waals surface area (Å²) in [5.74, 6) is 1.12. The van der Waals surface area contributed by atoms with Crippen LogP contribution in [0.15, 0.2) is 30.3 Å². The van der Waals surface area contributed by atoms with Crippen molar-refractivity contribution in [3.05, 3.63) is 35.9 Å². The van der Waals surface area contributed by atoms with Gasteiger partial charge in [-0.1, -0.05) is 62.4 Å². The molecular formula is C27H39N3O3. The molecule has 1 aliphatic carbocycles. The molecule has 6 heteroatoms. The fourth-order valence-corrected chi connectivity index (χ4v) is 5.68. The first kappa shape index (κ1) is 23.8. The van der Waals surface area contributed by atoms with Crippen molar-refractivity contribution in [2.24, 2.45) is 11.8 Å². The van der Waals surface area contributed by atoms with E-state index >= 15 is 0 Å². The van der Waals surface area contributed by atoms with Crippen LogP contribution in [0.2, 0.25) is 0 Å². The quantitative estimate of drug-likeness (QED) is 0.662. The minimum Gasteiger partial charge on any atom is -0.342 e. The van der Waals surface area contributed by atoms with Gasteiger partial charge in [0.2, 0.25) is 17.7 Å². The van der Waals surface area contributed by atoms with Crippen LogP contribution < -0.4 is 0 Å². The summed E-state index contributed by atoms with van der Waals surface area (Å²) in [5.41, 5.74) is 1.01. The zero-order valence-electron chi connectivity index (χ0n) is 19.9. The van der Waals surface area contributed by atoms with E-state index < -0.39 is 0 Å². The lowest BCUT2D eigenvalue weighted by Crippen LogP contribution is -2.54. The summed E-state index contributed by atoms with van der Waals surface area (Å²) in [6.07, 6.45) is 10.3. The van der Waals surface area contributed by atoms with Gasteiger partial charge < -0.3 is 14.7 Å². The van der Waals surface area contributed by atoms with Gasteiger partial charge >= 0.3 is 0 Å². The highest BCUT2D eigenvalue weighted by Crippen LogP contribution is 2.27. The molecule has 2 aliphatic heterocycles. The fourth-order valence-electron chi connectivity index (χ4n) is 5.68. The van der Waals surface area contributed by atoms with E-state index in [2.05, 4.69) is 0 Å². The van der Waals surface area contributed by atoms with E-state index in [0.717, 1.165) is 37.3 Å². The van der Waals surface area contributed by atoms with Gasteiger partial charge in [-0.3, -0.25) is 14.4 Å². The van der Waals surface area contributed by atoms with E-state index in [1.54, 1.807) is 0 Å². The molecule has 2 heterocycles. The second-order valence-corrected chi connectivity index (χ2v) is 10.1. The Morgan fingerprint density at radius 2 is 1.42 bits per heavy atom. The summed E-state index contributed by atoms with van der Waals surface area (Å²) >= 11 is 0. The van der Waals surface area contributed by atoms with E-state index in [1.165, 1.54) is 32.1 Å². The topological polar surface area (TPSA) is 60.9 Å². The van der Waals surface area contributed by atoms with E-state index in [9.17, 15) is 14.4 Å². The average molecular weight is 454 g/mol. The van der Waals surface area contributed by atoms with Gasteiger partial charge in [-0.05, 0) is 30.7 Å². The summed E-state index contributed by atoms with van der Waals surface area (Å²) in [4.78, 5) is 44.3. The normalized spacial score (nSPS) is 22.3. The predicted octanol–water partition coefficient (Wildman–Crippen LogP) is 3.50. The third-order valence-electron chi connectivity index (χ3n) is 7.76. The number of hydrogen-bond donors (Lipinski definition) is 0. The van der Waals surface area contributed by atoms with Crippen molar-refractivity contribution in [1.29, 1.82) is 0 Å². The van der Waals surface area contributed by atoms with E-state index in [4.69, 9.17) is 0 Å². The summed E-state index contributed by atoms with van der Waals surface area (Å²) < 4.78 is 0. The van der Waals surface area contributed by atoms with Crippen molar-refractivity contribution < 1.29 is 14.4 Å². The Bertz CT molecular complexity index is 798. The van der Waals surface area contributed by atoms with Crippen LogP contribution in [0.5, 0.6) is 0 Å². The molecule has 3 amide bonds. The Hall–Kier alpha value is -2.37. The molecule has 1 unspecified atom stereocenters. The molecule has 2 saturated heterocycles. The number of likely N-dealkylation sites (tertiary alicyclic amines) is 1. The number of amides is 3. The average Bonchev–Trinajstić information content (AvgIpc) is 2.88. The summed E-state index contributed by atoms with van der Waals surface area (Å²) in [6, 6.07) is 9.80. The summed E-state index contributed by atoms with van der Waals surface area (Å²) in [6.45, 7) is 3.76. The number of benzene rings is 1. The highest BCUT2D eigenvalue weighted by molar-refractivity contribution is 5.83. The Kier molecular flexibility index (Phi) is 8.40. The van der Waals surface area contributed by atoms with Crippen molar-refractivity contribution in [3.63, 3.8) is 0 Å². The Morgan fingerprint density at radius 1 is 0.727 bits per heavy atom. The molecule has 1 aromatic rings. The van der Waals surface area contributed by atoms with Gasteiger partial charge in [-0.25, -0.2) is 0 Å². The maximum Gasteiger partial charge on any atom is 0.227 e. The maximum atomic E-state index is 13.2. The van der Waals surface area contributed by atoms with Crippen LogP contribution in [0.4, 0.5) is 0 Å². The van der Waals surface area contributed by atoms with Crippen molar-refractivity contribution in [3.8, 4) is 0 Å². The van der Waals surface area contributed by atoms with Crippen LogP contribution in [0.3, 0.4) is 0 Å². The molecule has 1 saturated carbocycles. The number of nitrogens with zero attached hydrogens (tertiary/aromatic N) is 3. The van der Waals surface area contributed by atoms with Crippen LogP contribution >= 0.6 is 0 Å². The molecule has 0 N–H and O–H groups in total. The summed E-state index contributed by atoms with van der Waals surface area (Å²) in [7, 11) is 0. The molecule has 3 aliphatic rings. The summed E-state index contributed by atoms with van der Waals surface area (Å²) in [5, 5.41) is 0. The third-order valence-corrected chi connectivity index (χ3v) is 7.76. The van der Waals surface area contributed by atoms with Gasteiger partial charge in [0, 0.05) is 45.7 Å². The number of rotatable bonds is 6. The first-order chi connectivity index (χ1) is 16.1. The Morgan fingerprint density at radius 3 is 2.15 bits per heavy atom. The fraction of sp³-hybridized carbons (Fsp3) is 0.667. The van der Waals surface area contributed by atoms with Crippen LogP contribution in [0, 0.1) is 11.8 Å². The predicted molar refractivity (Wildman–Crippen MR) is 128 cm³/mol. The lowest BCUT2D eigenvalue weighted by Gasteiger charge is -2.39. The number of hydrogen-bond acceptors (Lipinski definition) is 3. The second kappa shape index (κ2) is 11.7. The lowest BCUT2D eigenvalue weighted by molar-refractivity contribution is -0.145. The molecule has 0 bridgehead atoms. The van der Waals surface area contributed by atoms with Gasteiger partial charge in [-0.15, -0.1) is 0 Å². The molecule has 33 heavy (non-hydrogen) atoms. The molecule has 0 spiro atoms. The zero-order chi connectivity index (χ0) is 23.0. The van der Waals surface area contributed by atoms with Gasteiger partial charge in [-0.2, -0.15) is 0 Å². The highest BCUT2D eigenvalue weighted by atomic mass is 16.2. The van der Waals surface area contributed by atoms with Crippen LogP contribution in [0.25, 0.3) is 0 Å². The number of piperazine rings is 1. The standard InChI is InChI=1S/C27H39N3O3/c31-25(14-13-22-8-3-1-4-9-22)28-16-18-29(19-17-28)27(33)24-12-7-15-30(21-24)26(32)20-23-10-5-2-6-11-23/h2,5-6,10-11,22,24H,1,3-4,7-9,12-21H2. The first-order valence-electron chi connectivity index (χ1n) is 13.0. The molecule has 0 aromatic heterocycles. The van der Waals surface area contributed by atoms with E-state index in [-0.39, 0.29) is 23.6 Å². The molecule has 1 aromatic carbocycles. The van der Waals surface area contributed by atoms with Gasteiger partial charge in [0.05, 0.1) is 12.3 Å². The highest BCUT2D eigenvalue weighted by Gasteiger charge is 2.33. The van der Waals surface area contributed by atoms with Crippen LogP contribution in [-0.4, -0.2) is 71.7 Å². The van der Waals surface area contributed by atoms with Crippen molar-refractivity contribution >= 4 is 17.7 Å². The maximum absolute atomic E-state index is 13.2. The van der Waals surface area contributed by atoms with E-state index in [1.807, 2.05) is 45.0 Å². The molecule has 1 atom stereocenters. The SMILES string of the molecule is O=C(CCC1CCCCC1)N1CCN(C(=O)C2CCCN(C(=O)Cc3ccccc3)C2)CC1. The van der Waals surface area contributed by atoms with Crippen molar-refractivity contribution in [1.82, 2.24) is 14.7 Å². The number of piperidine rings is 1. The van der Waals surface area contributed by atoms with Crippen LogP contribution in [-0.2, 0) is 20.8 Å². The lowest BCUT2D eigenvalue weighted by atomic mass is 9.86. The first-order valence-corrected chi connectivity index (χ1v) is 13.0. The zero-order valence-corrected chi connectivity index (χ0v) is 19.9. The molecule has 6 nitrogen and oxygen atoms in total. The van der Waals surface area contributed by atoms with E-state index in [0.29, 0.717) is 45.6 Å². The largest absolute Gasteiger partial charge is 0.342 e. The van der Waals surface area contributed by atoms with Gasteiger partial charge in [0.15, 0.2) is 0 Å². The number of carbonyl (C=O) groups excluding carboxylic acids is 3. The molecule has 4 rings (SSSR count). The minimum absolute atomic E-state index is 0.104. The molecular weight excluding hydrogens is 414 g/mol. The van der Waals surface area contributed by atoms with Crippen LogP contribution in [0.1, 0.15) is 63.4 Å². The molecule has 0 radical (unpaired) electrons. The minimum atomic E-state index is -0.118. The molecule has 3 fully saturated rings. The monoisotopic (exact) mass is 453 g/mol. The number of carbonyl (C=O) groups is 3. The Balaban J connectivity index is 1.21.